The van der Waals surface area contributed by atoms with Gasteiger partial charge in [0, 0.05) is 6.07 Å². The molecule has 0 bridgehead atoms. The summed E-state index contributed by atoms with van der Waals surface area (Å²) in [5.74, 6) is -2.34. The predicted octanol–water partition coefficient (Wildman–Crippen LogP) is 2.42. The van der Waals surface area contributed by atoms with Crippen LogP contribution in [0.3, 0.4) is 0 Å². The summed E-state index contributed by atoms with van der Waals surface area (Å²) < 4.78 is 26.5. The molecule has 0 saturated heterocycles. The first-order valence-corrected chi connectivity index (χ1v) is 7.41. The van der Waals surface area contributed by atoms with Gasteiger partial charge in [-0.25, -0.2) is 13.8 Å². The lowest BCUT2D eigenvalue weighted by molar-refractivity contribution is -0.113. The molecule has 6 nitrogen and oxygen atoms in total. The molecule has 9 heteroatoms. The molecule has 1 amide bonds. The lowest BCUT2D eigenvalue weighted by Gasteiger charge is -2.08. The number of nitriles is 2. The van der Waals surface area contributed by atoms with Gasteiger partial charge in [-0.2, -0.15) is 10.5 Å². The van der Waals surface area contributed by atoms with Gasteiger partial charge >= 0.3 is 0 Å². The summed E-state index contributed by atoms with van der Waals surface area (Å²) in [4.78, 5) is 15.7. The number of hydrogen-bond donors (Lipinski definition) is 2. The van der Waals surface area contributed by atoms with Gasteiger partial charge in [-0.1, -0.05) is 11.8 Å². The van der Waals surface area contributed by atoms with Crippen molar-refractivity contribution in [2.24, 2.45) is 0 Å². The zero-order valence-corrected chi connectivity index (χ0v) is 12.8. The Hall–Kier alpha value is -3.17. The third-order valence-electron chi connectivity index (χ3n) is 2.80. The summed E-state index contributed by atoms with van der Waals surface area (Å²) in [6.07, 6.45) is 0. The maximum absolute atomic E-state index is 13.5. The van der Waals surface area contributed by atoms with Crippen LogP contribution in [0.25, 0.3) is 0 Å². The minimum Gasteiger partial charge on any atom is -0.383 e. The Kier molecular flexibility index (Phi) is 5.30. The van der Waals surface area contributed by atoms with E-state index in [0.29, 0.717) is 0 Å². The fraction of sp³-hybridized carbons (Fsp3) is 0.0667. The first kappa shape index (κ1) is 17.2. The molecule has 2 aromatic rings. The topological polar surface area (TPSA) is 116 Å². The molecule has 24 heavy (non-hydrogen) atoms. The molecule has 0 aliphatic rings. The highest BCUT2D eigenvalue weighted by atomic mass is 32.2. The Labute approximate surface area is 139 Å². The number of aromatic nitrogens is 1. The van der Waals surface area contributed by atoms with E-state index in [9.17, 15) is 13.6 Å². The van der Waals surface area contributed by atoms with Crippen molar-refractivity contribution in [3.05, 3.63) is 47.0 Å². The number of nitrogens with two attached hydrogens (primary N) is 1. The highest BCUT2D eigenvalue weighted by Gasteiger charge is 2.13. The molecular weight excluding hydrogens is 336 g/mol. The van der Waals surface area contributed by atoms with Crippen molar-refractivity contribution >= 4 is 29.2 Å². The molecule has 1 aromatic carbocycles. The Morgan fingerprint density at radius 2 is 1.96 bits per heavy atom. The molecule has 0 aliphatic carbocycles. The Balaban J connectivity index is 2.10. The fourth-order valence-electron chi connectivity index (χ4n) is 1.70. The van der Waals surface area contributed by atoms with Crippen LogP contribution in [-0.2, 0) is 4.79 Å². The molecule has 120 valence electrons. The van der Waals surface area contributed by atoms with Crippen LogP contribution in [0, 0.1) is 34.3 Å². The molecule has 0 aliphatic heterocycles. The lowest BCUT2D eigenvalue weighted by Crippen LogP contribution is -2.15. The van der Waals surface area contributed by atoms with Crippen LogP contribution in [0.1, 0.15) is 11.1 Å². The number of pyridine rings is 1. The van der Waals surface area contributed by atoms with Crippen LogP contribution in [-0.4, -0.2) is 16.6 Å². The van der Waals surface area contributed by atoms with E-state index in [1.807, 2.05) is 6.07 Å². The van der Waals surface area contributed by atoms with E-state index in [1.165, 1.54) is 6.07 Å². The number of benzene rings is 1. The number of carbonyl (C=O) groups excluding carboxylic acids is 1. The summed E-state index contributed by atoms with van der Waals surface area (Å²) in [7, 11) is 0. The highest BCUT2D eigenvalue weighted by Crippen LogP contribution is 2.24. The maximum atomic E-state index is 13.5. The van der Waals surface area contributed by atoms with Gasteiger partial charge in [-0.15, -0.1) is 0 Å². The largest absolute Gasteiger partial charge is 0.383 e. The van der Waals surface area contributed by atoms with Crippen LogP contribution in [0.4, 0.5) is 20.3 Å². The average Bonchev–Trinajstić information content (AvgIpc) is 2.56. The number of nitrogens with one attached hydrogen (secondary N) is 1. The van der Waals surface area contributed by atoms with Gasteiger partial charge < -0.3 is 11.1 Å². The Morgan fingerprint density at radius 1 is 1.25 bits per heavy atom. The lowest BCUT2D eigenvalue weighted by atomic mass is 10.2. The summed E-state index contributed by atoms with van der Waals surface area (Å²) >= 11 is 0.891. The van der Waals surface area contributed by atoms with Crippen molar-refractivity contribution in [1.82, 2.24) is 4.98 Å². The molecule has 0 fully saturated rings. The highest BCUT2D eigenvalue weighted by molar-refractivity contribution is 8.00. The van der Waals surface area contributed by atoms with E-state index in [2.05, 4.69) is 10.3 Å². The quantitative estimate of drug-likeness (QED) is 0.822. The van der Waals surface area contributed by atoms with Crippen LogP contribution in [0.5, 0.6) is 0 Å². The summed E-state index contributed by atoms with van der Waals surface area (Å²) in [6, 6.07) is 7.62. The molecular formula is C15H9F2N5OS. The van der Waals surface area contributed by atoms with Crippen LogP contribution in [0.2, 0.25) is 0 Å². The number of amides is 1. The summed E-state index contributed by atoms with van der Waals surface area (Å²) in [6.45, 7) is 0. The summed E-state index contributed by atoms with van der Waals surface area (Å²) in [5, 5.41) is 20.3. The molecule has 0 spiro atoms. The van der Waals surface area contributed by atoms with E-state index < -0.39 is 17.5 Å². The molecule has 0 radical (unpaired) electrons. The molecule has 0 saturated carbocycles. The molecule has 1 aromatic heterocycles. The standard InChI is InChI=1S/C15H9F2N5OS/c16-10-1-2-11(17)12(4-10)21-13(23)7-24-15-9(6-19)3-8(5-18)14(20)22-15/h1-4H,7H2,(H2,20,22)(H,21,23). The summed E-state index contributed by atoms with van der Waals surface area (Å²) in [5.41, 5.74) is 5.44. The normalized spacial score (nSPS) is 9.83. The second-order valence-electron chi connectivity index (χ2n) is 4.46. The minimum absolute atomic E-state index is 0.0576. The monoisotopic (exact) mass is 345 g/mol. The first-order chi connectivity index (χ1) is 11.4. The van der Waals surface area contributed by atoms with E-state index >= 15 is 0 Å². The number of rotatable bonds is 4. The molecule has 2 rings (SSSR count). The number of nitrogen functional groups attached to an aromatic ring is 1. The zero-order valence-electron chi connectivity index (χ0n) is 12.0. The van der Waals surface area contributed by atoms with Gasteiger partial charge in [0.1, 0.15) is 34.6 Å². The molecule has 1 heterocycles. The second-order valence-corrected chi connectivity index (χ2v) is 5.42. The van der Waals surface area contributed by atoms with Crippen LogP contribution < -0.4 is 11.1 Å². The van der Waals surface area contributed by atoms with Gasteiger partial charge in [0.25, 0.3) is 0 Å². The molecule has 0 unspecified atom stereocenters. The number of anilines is 2. The van der Waals surface area contributed by atoms with Crippen molar-refractivity contribution < 1.29 is 13.6 Å². The average molecular weight is 345 g/mol. The van der Waals surface area contributed by atoms with E-state index in [0.717, 1.165) is 30.0 Å². The van der Waals surface area contributed by atoms with Crippen LogP contribution in [0.15, 0.2) is 29.3 Å². The van der Waals surface area contributed by atoms with E-state index in [1.54, 1.807) is 6.07 Å². The van der Waals surface area contributed by atoms with Crippen molar-refractivity contribution in [3.63, 3.8) is 0 Å². The van der Waals surface area contributed by atoms with Crippen molar-refractivity contribution in [2.45, 2.75) is 5.03 Å². The third kappa shape index (κ3) is 3.97. The first-order valence-electron chi connectivity index (χ1n) is 6.43. The van der Waals surface area contributed by atoms with Crippen molar-refractivity contribution in [2.75, 3.05) is 16.8 Å². The zero-order chi connectivity index (χ0) is 17.7. The third-order valence-corrected chi connectivity index (χ3v) is 3.79. The SMILES string of the molecule is N#Cc1cc(C#N)c(SCC(=O)Nc2cc(F)ccc2F)nc1N. The van der Waals surface area contributed by atoms with Gasteiger partial charge in [0.05, 0.1) is 22.6 Å². The number of halogens is 2. The van der Waals surface area contributed by atoms with Gasteiger partial charge in [-0.05, 0) is 18.2 Å². The molecule has 3 N–H and O–H groups in total. The van der Waals surface area contributed by atoms with Crippen molar-refractivity contribution in [1.29, 1.82) is 10.5 Å². The van der Waals surface area contributed by atoms with E-state index in [-0.39, 0.29) is 33.4 Å². The number of nitrogens with zero attached hydrogens (tertiary/aromatic N) is 3. The Bertz CT molecular complexity index is 889. The van der Waals surface area contributed by atoms with Gasteiger partial charge in [-0.3, -0.25) is 4.79 Å². The molecule has 0 atom stereocenters. The smallest absolute Gasteiger partial charge is 0.234 e. The van der Waals surface area contributed by atoms with Gasteiger partial charge in [0.2, 0.25) is 5.91 Å². The second kappa shape index (κ2) is 7.40. The number of hydrogen-bond acceptors (Lipinski definition) is 6. The van der Waals surface area contributed by atoms with Gasteiger partial charge in [0.15, 0.2) is 0 Å². The number of thioether (sulfide) groups is 1. The van der Waals surface area contributed by atoms with E-state index in [4.69, 9.17) is 16.3 Å². The Morgan fingerprint density at radius 3 is 2.62 bits per heavy atom. The fourth-order valence-corrected chi connectivity index (χ4v) is 2.47. The van der Waals surface area contributed by atoms with Crippen LogP contribution >= 0.6 is 11.8 Å². The maximum Gasteiger partial charge on any atom is 0.234 e. The van der Waals surface area contributed by atoms with Crippen molar-refractivity contribution in [3.8, 4) is 12.1 Å². The minimum atomic E-state index is -0.770. The number of carbonyl (C=O) groups is 1. The predicted molar refractivity (Wildman–Crippen MR) is 83.8 cm³/mol.